The molecule has 1 aromatic carbocycles. The molecule has 1 amide bonds. The zero-order chi connectivity index (χ0) is 12.8. The fraction of sp³-hybridized carbons (Fsp3) is 0.333. The van der Waals surface area contributed by atoms with Crippen molar-refractivity contribution in [1.29, 1.82) is 0 Å². The van der Waals surface area contributed by atoms with Gasteiger partial charge in [0.15, 0.2) is 0 Å². The molecule has 1 aromatic rings. The number of esters is 1. The highest BCUT2D eigenvalue weighted by Gasteiger charge is 2.17. The second-order valence-corrected chi connectivity index (χ2v) is 4.65. The number of carbonyl (C=O) groups is 2. The Morgan fingerprint density at radius 3 is 2.65 bits per heavy atom. The van der Waals surface area contributed by atoms with E-state index in [1.807, 2.05) is 19.1 Å². The van der Waals surface area contributed by atoms with Crippen LogP contribution in [0.15, 0.2) is 24.3 Å². The summed E-state index contributed by atoms with van der Waals surface area (Å²) in [6.45, 7) is 2.28. The molecule has 0 N–H and O–H groups in total. The fourth-order valence-corrected chi connectivity index (χ4v) is 1.89. The summed E-state index contributed by atoms with van der Waals surface area (Å²) in [4.78, 5) is 24.7. The summed E-state index contributed by atoms with van der Waals surface area (Å²) >= 11 is 2.14. The molecule has 1 rings (SSSR count). The van der Waals surface area contributed by atoms with Gasteiger partial charge in [-0.05, 0) is 47.7 Å². The van der Waals surface area contributed by atoms with Crippen molar-refractivity contribution in [2.24, 2.45) is 0 Å². The highest BCUT2D eigenvalue weighted by molar-refractivity contribution is 14.1. The van der Waals surface area contributed by atoms with Gasteiger partial charge >= 0.3 is 5.97 Å². The molecule has 0 unspecified atom stereocenters. The first-order valence-electron chi connectivity index (χ1n) is 5.20. The largest absolute Gasteiger partial charge is 0.468 e. The number of rotatable bonds is 4. The molecule has 0 spiro atoms. The third-order valence-corrected chi connectivity index (χ3v) is 2.96. The molecule has 0 fully saturated rings. The van der Waals surface area contributed by atoms with Gasteiger partial charge in [0, 0.05) is 15.7 Å². The molecular weight excluding hydrogens is 333 g/mol. The molecule has 0 aliphatic heterocycles. The molecule has 17 heavy (non-hydrogen) atoms. The Bertz CT molecular complexity index is 420. The molecule has 0 aliphatic carbocycles. The van der Waals surface area contributed by atoms with E-state index in [1.165, 1.54) is 12.0 Å². The van der Waals surface area contributed by atoms with Gasteiger partial charge in [-0.2, -0.15) is 0 Å². The minimum Gasteiger partial charge on any atom is -0.468 e. The zero-order valence-corrected chi connectivity index (χ0v) is 11.9. The third kappa shape index (κ3) is 3.99. The highest BCUT2D eigenvalue weighted by Crippen LogP contribution is 2.10. The van der Waals surface area contributed by atoms with Gasteiger partial charge < -0.3 is 9.64 Å². The molecule has 0 saturated heterocycles. The molecule has 92 valence electrons. The van der Waals surface area contributed by atoms with E-state index in [-0.39, 0.29) is 12.5 Å². The summed E-state index contributed by atoms with van der Waals surface area (Å²) in [6, 6.07) is 7.27. The maximum Gasteiger partial charge on any atom is 0.325 e. The van der Waals surface area contributed by atoms with Crippen LogP contribution in [0.4, 0.5) is 0 Å². The maximum absolute atomic E-state index is 12.1. The summed E-state index contributed by atoms with van der Waals surface area (Å²) in [6.07, 6.45) is 0. The van der Waals surface area contributed by atoms with Crippen LogP contribution >= 0.6 is 22.6 Å². The van der Waals surface area contributed by atoms with Gasteiger partial charge in [-0.1, -0.05) is 6.07 Å². The van der Waals surface area contributed by atoms with Crippen molar-refractivity contribution >= 4 is 34.5 Å². The van der Waals surface area contributed by atoms with Crippen LogP contribution in [0.3, 0.4) is 0 Å². The molecule has 5 heteroatoms. The molecule has 0 bridgehead atoms. The Morgan fingerprint density at radius 1 is 1.41 bits per heavy atom. The lowest BCUT2D eigenvalue weighted by atomic mass is 10.2. The van der Waals surface area contributed by atoms with Crippen molar-refractivity contribution in [2.75, 3.05) is 20.2 Å². The summed E-state index contributed by atoms with van der Waals surface area (Å²) in [5, 5.41) is 0. The van der Waals surface area contributed by atoms with Crippen LogP contribution < -0.4 is 0 Å². The maximum atomic E-state index is 12.1. The van der Waals surface area contributed by atoms with E-state index in [0.29, 0.717) is 12.1 Å². The summed E-state index contributed by atoms with van der Waals surface area (Å²) < 4.78 is 5.55. The number of halogens is 1. The van der Waals surface area contributed by atoms with Crippen molar-refractivity contribution in [2.45, 2.75) is 6.92 Å². The first-order chi connectivity index (χ1) is 8.08. The number of ether oxygens (including phenoxy) is 1. The second-order valence-electron chi connectivity index (χ2n) is 3.41. The van der Waals surface area contributed by atoms with Gasteiger partial charge in [0.05, 0.1) is 7.11 Å². The summed E-state index contributed by atoms with van der Waals surface area (Å²) in [5.41, 5.74) is 0.586. The second kappa shape index (κ2) is 6.58. The van der Waals surface area contributed by atoms with Gasteiger partial charge in [0.25, 0.3) is 5.91 Å². The quantitative estimate of drug-likeness (QED) is 0.618. The molecule has 0 aromatic heterocycles. The predicted octanol–water partition coefficient (Wildman–Crippen LogP) is 1.93. The van der Waals surface area contributed by atoms with E-state index in [9.17, 15) is 9.59 Å². The van der Waals surface area contributed by atoms with Gasteiger partial charge in [0.1, 0.15) is 6.54 Å². The minimum absolute atomic E-state index is 0.0166. The average molecular weight is 347 g/mol. The molecule has 0 saturated carbocycles. The van der Waals surface area contributed by atoms with Crippen molar-refractivity contribution in [3.05, 3.63) is 33.4 Å². The van der Waals surface area contributed by atoms with Crippen molar-refractivity contribution in [1.82, 2.24) is 4.90 Å². The molecule has 0 aliphatic rings. The first-order valence-corrected chi connectivity index (χ1v) is 6.28. The van der Waals surface area contributed by atoms with Crippen molar-refractivity contribution < 1.29 is 14.3 Å². The van der Waals surface area contributed by atoms with E-state index in [2.05, 4.69) is 27.3 Å². The van der Waals surface area contributed by atoms with Crippen LogP contribution in [-0.4, -0.2) is 37.0 Å². The lowest BCUT2D eigenvalue weighted by Gasteiger charge is -2.19. The van der Waals surface area contributed by atoms with Crippen LogP contribution in [0.25, 0.3) is 0 Å². The Labute approximate surface area is 114 Å². The Hall–Kier alpha value is -1.11. The first kappa shape index (κ1) is 14.0. The van der Waals surface area contributed by atoms with E-state index in [0.717, 1.165) is 3.57 Å². The zero-order valence-electron chi connectivity index (χ0n) is 9.77. The molecule has 0 radical (unpaired) electrons. The lowest BCUT2D eigenvalue weighted by molar-refractivity contribution is -0.141. The van der Waals surface area contributed by atoms with Gasteiger partial charge in [-0.3, -0.25) is 9.59 Å². The van der Waals surface area contributed by atoms with Crippen LogP contribution in [0.5, 0.6) is 0 Å². The van der Waals surface area contributed by atoms with Gasteiger partial charge in [-0.15, -0.1) is 0 Å². The number of carbonyl (C=O) groups excluding carboxylic acids is 2. The SMILES string of the molecule is CCN(CC(=O)OC)C(=O)c1cccc(I)c1. The Kier molecular flexibility index (Phi) is 5.40. The molecule has 0 atom stereocenters. The topological polar surface area (TPSA) is 46.6 Å². The third-order valence-electron chi connectivity index (χ3n) is 2.29. The normalized spacial score (nSPS) is 9.82. The number of nitrogens with zero attached hydrogens (tertiary/aromatic N) is 1. The Balaban J connectivity index is 2.82. The van der Waals surface area contributed by atoms with Crippen LogP contribution in [0.1, 0.15) is 17.3 Å². The predicted molar refractivity (Wildman–Crippen MR) is 72.8 cm³/mol. The van der Waals surface area contributed by atoms with E-state index >= 15 is 0 Å². The van der Waals surface area contributed by atoms with Crippen LogP contribution in [0.2, 0.25) is 0 Å². The number of amides is 1. The highest BCUT2D eigenvalue weighted by atomic mass is 127. The lowest BCUT2D eigenvalue weighted by Crippen LogP contribution is -2.36. The van der Waals surface area contributed by atoms with E-state index in [4.69, 9.17) is 0 Å². The Morgan fingerprint density at radius 2 is 2.12 bits per heavy atom. The van der Waals surface area contributed by atoms with Crippen molar-refractivity contribution in [3.8, 4) is 0 Å². The summed E-state index contributed by atoms with van der Waals surface area (Å²) in [7, 11) is 1.31. The van der Waals surface area contributed by atoms with E-state index < -0.39 is 5.97 Å². The smallest absolute Gasteiger partial charge is 0.325 e. The molecule has 0 heterocycles. The number of likely N-dealkylation sites (N-methyl/N-ethyl adjacent to an activating group) is 1. The van der Waals surface area contributed by atoms with Gasteiger partial charge in [0.2, 0.25) is 0 Å². The standard InChI is InChI=1S/C12H14INO3/c1-3-14(8-11(15)17-2)12(16)9-5-4-6-10(13)7-9/h4-7H,3,8H2,1-2H3. The molecular formula is C12H14INO3. The number of hydrogen-bond donors (Lipinski definition) is 0. The van der Waals surface area contributed by atoms with Gasteiger partial charge in [-0.25, -0.2) is 0 Å². The molecule has 4 nitrogen and oxygen atoms in total. The number of benzene rings is 1. The van der Waals surface area contributed by atoms with Crippen LogP contribution in [-0.2, 0) is 9.53 Å². The van der Waals surface area contributed by atoms with E-state index in [1.54, 1.807) is 12.1 Å². The number of methoxy groups -OCH3 is 1. The van der Waals surface area contributed by atoms with Crippen LogP contribution in [0, 0.1) is 3.57 Å². The summed E-state index contributed by atoms with van der Waals surface area (Å²) in [5.74, 6) is -0.567. The minimum atomic E-state index is -0.411. The van der Waals surface area contributed by atoms with Crippen molar-refractivity contribution in [3.63, 3.8) is 0 Å². The number of hydrogen-bond acceptors (Lipinski definition) is 3. The fourth-order valence-electron chi connectivity index (χ4n) is 1.35. The monoisotopic (exact) mass is 347 g/mol. The average Bonchev–Trinajstić information content (AvgIpc) is 2.34.